The number of allylic oxidation sites excluding steroid dienone is 1. The molecule has 12 heteroatoms. The van der Waals surface area contributed by atoms with E-state index in [4.69, 9.17) is 19.3 Å². The van der Waals surface area contributed by atoms with Crippen LogP contribution in [0.3, 0.4) is 0 Å². The molecule has 7 N–H and O–H groups in total. The number of aliphatic hydroxyl groups is 4. The molecular formula is C23H30O12. The quantitative estimate of drug-likeness (QED) is 0.249. The molecule has 1 heterocycles. The van der Waals surface area contributed by atoms with Crippen molar-refractivity contribution in [1.29, 1.82) is 0 Å². The van der Waals surface area contributed by atoms with Crippen molar-refractivity contribution in [2.75, 3.05) is 6.61 Å². The Balaban J connectivity index is 1.66. The number of phenolic OH excluding ortho intramolecular Hbond substituents is 2. The van der Waals surface area contributed by atoms with Crippen LogP contribution in [0, 0.1) is 5.92 Å². The molecule has 194 valence electrons. The summed E-state index contributed by atoms with van der Waals surface area (Å²) in [6.07, 6.45) is -5.18. The molecule has 0 radical (unpaired) electrons. The first-order valence-electron chi connectivity index (χ1n) is 11.0. The second-order valence-corrected chi connectivity index (χ2v) is 9.23. The Kier molecular flexibility index (Phi) is 7.92. The number of aliphatic hydroxyl groups excluding tert-OH is 3. The first-order chi connectivity index (χ1) is 16.3. The van der Waals surface area contributed by atoms with E-state index < -0.39 is 77.7 Å². The second kappa shape index (κ2) is 10.4. The van der Waals surface area contributed by atoms with Crippen molar-refractivity contribution in [3.8, 4) is 17.2 Å². The minimum absolute atomic E-state index is 0.00510. The zero-order chi connectivity index (χ0) is 26.1. The molecule has 1 aliphatic heterocycles. The number of carbonyl (C=O) groups is 2. The van der Waals surface area contributed by atoms with Crippen molar-refractivity contribution >= 4 is 11.9 Å². The normalized spacial score (nSPS) is 29.3. The van der Waals surface area contributed by atoms with Crippen molar-refractivity contribution < 1.29 is 59.5 Å². The van der Waals surface area contributed by atoms with Crippen LogP contribution in [0.4, 0.5) is 0 Å². The van der Waals surface area contributed by atoms with Gasteiger partial charge in [-0.1, -0.05) is 6.08 Å². The lowest BCUT2D eigenvalue weighted by molar-refractivity contribution is -0.278. The Hall–Kier alpha value is -2.90. The number of phenols is 2. The van der Waals surface area contributed by atoms with Gasteiger partial charge in [-0.3, -0.25) is 0 Å². The maximum Gasteiger partial charge on any atom is 0.335 e. The summed E-state index contributed by atoms with van der Waals surface area (Å²) < 4.78 is 15.9. The van der Waals surface area contributed by atoms with Gasteiger partial charge in [-0.2, -0.15) is 0 Å². The van der Waals surface area contributed by atoms with Gasteiger partial charge in [0.05, 0.1) is 11.2 Å². The van der Waals surface area contributed by atoms with Gasteiger partial charge in [0.15, 0.2) is 11.5 Å². The summed E-state index contributed by atoms with van der Waals surface area (Å²) in [6.45, 7) is 2.90. The van der Waals surface area contributed by atoms with E-state index in [1.807, 2.05) is 0 Å². The molecular weight excluding hydrogens is 468 g/mol. The number of aromatic carboxylic acids is 1. The van der Waals surface area contributed by atoms with Gasteiger partial charge < -0.3 is 50.0 Å². The Morgan fingerprint density at radius 2 is 1.71 bits per heavy atom. The first kappa shape index (κ1) is 26.7. The average molecular weight is 498 g/mol. The molecule has 0 saturated carbocycles. The van der Waals surface area contributed by atoms with Crippen LogP contribution < -0.4 is 4.74 Å². The number of benzene rings is 1. The fourth-order valence-corrected chi connectivity index (χ4v) is 4.02. The number of ether oxygens (including phenoxy) is 3. The molecule has 1 aliphatic carbocycles. The topological polar surface area (TPSA) is 203 Å². The van der Waals surface area contributed by atoms with Gasteiger partial charge in [0, 0.05) is 5.57 Å². The molecule has 0 spiro atoms. The summed E-state index contributed by atoms with van der Waals surface area (Å²) in [4.78, 5) is 23.5. The van der Waals surface area contributed by atoms with Gasteiger partial charge in [-0.25, -0.2) is 9.59 Å². The molecule has 0 amide bonds. The fraction of sp³-hybridized carbons (Fsp3) is 0.565. The molecule has 1 fully saturated rings. The third kappa shape index (κ3) is 6.03. The van der Waals surface area contributed by atoms with Crippen LogP contribution in [0.2, 0.25) is 0 Å². The van der Waals surface area contributed by atoms with Gasteiger partial charge in [0.2, 0.25) is 12.0 Å². The van der Waals surface area contributed by atoms with E-state index >= 15 is 0 Å². The van der Waals surface area contributed by atoms with Crippen molar-refractivity contribution in [1.82, 2.24) is 0 Å². The monoisotopic (exact) mass is 498 g/mol. The summed E-state index contributed by atoms with van der Waals surface area (Å²) in [7, 11) is 0. The van der Waals surface area contributed by atoms with Gasteiger partial charge >= 0.3 is 11.9 Å². The molecule has 6 atom stereocenters. The summed E-state index contributed by atoms with van der Waals surface area (Å²) in [6, 6.07) is 1.61. The lowest BCUT2D eigenvalue weighted by Crippen LogP contribution is -2.60. The maximum atomic E-state index is 12.5. The molecule has 0 unspecified atom stereocenters. The second-order valence-electron chi connectivity index (χ2n) is 9.23. The standard InChI is InChI=1S/C23H30O12/c1-23(2,32)12-5-3-10(4-6-12)21(31)33-9-15-16(26)17(27)18(28)22(34-15)35-19-13(24)7-11(20(29)30)8-14(19)25/h3,7-8,12,15-18,22,24-28,32H,4-6,9H2,1-2H3,(H,29,30)/t12-,15-,16-,17-,18-,22-/m0/s1. The molecule has 1 aromatic carbocycles. The van der Waals surface area contributed by atoms with E-state index in [1.165, 1.54) is 0 Å². The number of aromatic hydroxyl groups is 2. The number of hydrogen-bond donors (Lipinski definition) is 7. The minimum Gasteiger partial charge on any atom is -0.504 e. The van der Waals surface area contributed by atoms with E-state index in [0.29, 0.717) is 24.8 Å². The van der Waals surface area contributed by atoms with Crippen molar-refractivity contribution in [2.24, 2.45) is 5.92 Å². The van der Waals surface area contributed by atoms with E-state index in [-0.39, 0.29) is 5.92 Å². The third-order valence-corrected chi connectivity index (χ3v) is 6.25. The van der Waals surface area contributed by atoms with Crippen molar-refractivity contribution in [3.63, 3.8) is 0 Å². The van der Waals surface area contributed by atoms with Gasteiger partial charge in [-0.15, -0.1) is 0 Å². The summed E-state index contributed by atoms with van der Waals surface area (Å²) in [5.41, 5.74) is -0.907. The van der Waals surface area contributed by atoms with Crippen molar-refractivity contribution in [2.45, 2.75) is 69.4 Å². The molecule has 0 bridgehead atoms. The van der Waals surface area contributed by atoms with Crippen LogP contribution in [-0.2, 0) is 14.3 Å². The summed E-state index contributed by atoms with van der Waals surface area (Å²) in [5, 5.41) is 69.8. The molecule has 1 aromatic rings. The lowest BCUT2D eigenvalue weighted by Gasteiger charge is -2.40. The summed E-state index contributed by atoms with van der Waals surface area (Å²) in [5.74, 6) is -4.24. The highest BCUT2D eigenvalue weighted by Gasteiger charge is 2.46. The predicted molar refractivity (Wildman–Crippen MR) is 117 cm³/mol. The van der Waals surface area contributed by atoms with Crippen LogP contribution in [0.1, 0.15) is 43.5 Å². The molecule has 0 aromatic heterocycles. The number of carboxylic acids is 1. The Bertz CT molecular complexity index is 958. The Morgan fingerprint density at radius 1 is 1.09 bits per heavy atom. The number of carboxylic acid groups (broad SMARTS) is 1. The fourth-order valence-electron chi connectivity index (χ4n) is 4.02. The number of esters is 1. The largest absolute Gasteiger partial charge is 0.504 e. The van der Waals surface area contributed by atoms with Crippen LogP contribution in [0.15, 0.2) is 23.8 Å². The predicted octanol–water partition coefficient (Wildman–Crippen LogP) is 0.0230. The summed E-state index contributed by atoms with van der Waals surface area (Å²) >= 11 is 0. The van der Waals surface area contributed by atoms with Gasteiger partial charge in [0.25, 0.3) is 0 Å². The third-order valence-electron chi connectivity index (χ3n) is 6.25. The number of hydrogen-bond acceptors (Lipinski definition) is 11. The SMILES string of the molecule is CC(C)(O)[C@H]1CC=C(C(=O)OC[C@@H]2O[C@@H](Oc3c(O)cc(C(=O)O)cc3O)[C@@H](O)[C@@H](O)[C@H]2O)CC1. The highest BCUT2D eigenvalue weighted by Crippen LogP contribution is 2.39. The van der Waals surface area contributed by atoms with E-state index in [1.54, 1.807) is 19.9 Å². The lowest BCUT2D eigenvalue weighted by atomic mass is 9.79. The smallest absolute Gasteiger partial charge is 0.335 e. The van der Waals surface area contributed by atoms with Gasteiger partial charge in [-0.05, 0) is 51.2 Å². The minimum atomic E-state index is -1.82. The highest BCUT2D eigenvalue weighted by atomic mass is 16.7. The number of carbonyl (C=O) groups excluding carboxylic acids is 1. The van der Waals surface area contributed by atoms with Crippen LogP contribution in [0.25, 0.3) is 0 Å². The zero-order valence-corrected chi connectivity index (χ0v) is 19.2. The maximum absolute atomic E-state index is 12.5. The molecule has 3 rings (SSSR count). The first-order valence-corrected chi connectivity index (χ1v) is 11.0. The van der Waals surface area contributed by atoms with Crippen LogP contribution in [-0.4, -0.2) is 90.6 Å². The molecule has 12 nitrogen and oxygen atoms in total. The van der Waals surface area contributed by atoms with Crippen LogP contribution in [0.5, 0.6) is 17.2 Å². The highest BCUT2D eigenvalue weighted by molar-refractivity contribution is 5.89. The van der Waals surface area contributed by atoms with Crippen LogP contribution >= 0.6 is 0 Å². The zero-order valence-electron chi connectivity index (χ0n) is 19.2. The van der Waals surface area contributed by atoms with E-state index in [2.05, 4.69) is 0 Å². The van der Waals surface area contributed by atoms with E-state index in [9.17, 15) is 40.2 Å². The van der Waals surface area contributed by atoms with Crippen molar-refractivity contribution in [3.05, 3.63) is 29.3 Å². The van der Waals surface area contributed by atoms with Gasteiger partial charge in [0.1, 0.15) is 31.0 Å². The van der Waals surface area contributed by atoms with E-state index in [0.717, 1.165) is 12.1 Å². The molecule has 35 heavy (non-hydrogen) atoms. The molecule has 1 saturated heterocycles. The Morgan fingerprint density at radius 3 is 2.23 bits per heavy atom. The Labute approximate surface area is 200 Å². The average Bonchev–Trinajstić information content (AvgIpc) is 2.79. The number of rotatable bonds is 7. The molecule has 2 aliphatic rings.